The zero-order chi connectivity index (χ0) is 20.5. The van der Waals surface area contributed by atoms with Gasteiger partial charge in [-0.15, -0.1) is 0 Å². The number of carbonyl (C=O) groups excluding carboxylic acids is 2. The first-order valence-corrected chi connectivity index (χ1v) is 10.3. The molecule has 1 heterocycles. The third-order valence-electron chi connectivity index (χ3n) is 4.93. The average molecular weight is 392 g/mol. The smallest absolute Gasteiger partial charge is 0.270 e. The van der Waals surface area contributed by atoms with Crippen molar-refractivity contribution in [2.75, 3.05) is 19.7 Å². The molecule has 5 nitrogen and oxygen atoms in total. The summed E-state index contributed by atoms with van der Waals surface area (Å²) in [4.78, 5) is 27.9. The van der Waals surface area contributed by atoms with Gasteiger partial charge in [0.15, 0.2) is 0 Å². The normalized spacial score (nSPS) is 14.8. The minimum absolute atomic E-state index is 0.150. The fourth-order valence-electron chi connectivity index (χ4n) is 3.42. The fourth-order valence-corrected chi connectivity index (χ4v) is 3.42. The summed E-state index contributed by atoms with van der Waals surface area (Å²) in [6, 6.07) is 16.5. The van der Waals surface area contributed by atoms with Gasteiger partial charge in [0, 0.05) is 24.2 Å². The summed E-state index contributed by atoms with van der Waals surface area (Å²) in [7, 11) is 0. The van der Waals surface area contributed by atoms with E-state index in [0.717, 1.165) is 31.2 Å². The molecule has 1 aliphatic rings. The molecule has 0 atom stereocenters. The van der Waals surface area contributed by atoms with Crippen molar-refractivity contribution >= 4 is 17.9 Å². The molecule has 1 saturated heterocycles. The van der Waals surface area contributed by atoms with E-state index in [-0.39, 0.29) is 17.5 Å². The second-order valence-corrected chi connectivity index (χ2v) is 7.06. The van der Waals surface area contributed by atoms with Crippen molar-refractivity contribution < 1.29 is 14.3 Å². The van der Waals surface area contributed by atoms with Crippen LogP contribution in [0.2, 0.25) is 0 Å². The molecule has 3 rings (SSSR count). The Morgan fingerprint density at radius 1 is 0.966 bits per heavy atom. The van der Waals surface area contributed by atoms with Gasteiger partial charge in [-0.2, -0.15) is 0 Å². The van der Waals surface area contributed by atoms with Crippen LogP contribution in [0.1, 0.15) is 48.5 Å². The molecule has 2 amide bonds. The van der Waals surface area contributed by atoms with Gasteiger partial charge >= 0.3 is 0 Å². The van der Waals surface area contributed by atoms with E-state index in [9.17, 15) is 9.59 Å². The lowest BCUT2D eigenvalue weighted by Gasteiger charge is -2.22. The number of para-hydroxylation sites is 1. The third kappa shape index (κ3) is 5.70. The molecule has 1 N–H and O–H groups in total. The molecule has 0 saturated carbocycles. The van der Waals surface area contributed by atoms with Gasteiger partial charge in [0.1, 0.15) is 11.4 Å². The van der Waals surface area contributed by atoms with Crippen molar-refractivity contribution in [2.24, 2.45) is 0 Å². The maximum Gasteiger partial charge on any atom is 0.270 e. The maximum atomic E-state index is 13.3. The van der Waals surface area contributed by atoms with Crippen molar-refractivity contribution in [2.45, 2.75) is 32.6 Å². The van der Waals surface area contributed by atoms with Crippen LogP contribution in [0.25, 0.3) is 6.08 Å². The Kier molecular flexibility index (Phi) is 7.45. The Labute approximate surface area is 172 Å². The van der Waals surface area contributed by atoms with E-state index >= 15 is 0 Å². The minimum atomic E-state index is -0.297. The molecule has 0 radical (unpaired) electrons. The molecule has 0 aliphatic carbocycles. The standard InChI is InChI=1S/C24H28N2O3/c1-2-29-22-15-9-8-14-20(22)18-21(24(28)26-16-10-3-4-11-17-26)25-23(27)19-12-6-5-7-13-19/h5-9,12-15,18H,2-4,10-11,16-17H2,1H3,(H,25,27). The summed E-state index contributed by atoms with van der Waals surface area (Å²) in [5.41, 5.74) is 1.55. The van der Waals surface area contributed by atoms with Crippen molar-refractivity contribution in [3.8, 4) is 5.75 Å². The summed E-state index contributed by atoms with van der Waals surface area (Å²) < 4.78 is 5.69. The molecule has 2 aromatic rings. The molecular weight excluding hydrogens is 364 g/mol. The zero-order valence-corrected chi connectivity index (χ0v) is 16.9. The number of hydrogen-bond acceptors (Lipinski definition) is 3. The van der Waals surface area contributed by atoms with Gasteiger partial charge < -0.3 is 15.0 Å². The number of ether oxygens (including phenoxy) is 1. The molecule has 1 fully saturated rings. The highest BCUT2D eigenvalue weighted by Crippen LogP contribution is 2.22. The Morgan fingerprint density at radius 2 is 1.62 bits per heavy atom. The molecule has 0 bridgehead atoms. The van der Waals surface area contributed by atoms with E-state index < -0.39 is 0 Å². The van der Waals surface area contributed by atoms with E-state index in [1.807, 2.05) is 42.2 Å². The van der Waals surface area contributed by atoms with E-state index in [0.29, 0.717) is 31.0 Å². The lowest BCUT2D eigenvalue weighted by Crippen LogP contribution is -2.39. The van der Waals surface area contributed by atoms with Crippen LogP contribution in [0.15, 0.2) is 60.3 Å². The van der Waals surface area contributed by atoms with Crippen LogP contribution in [0.3, 0.4) is 0 Å². The predicted octanol–water partition coefficient (Wildman–Crippen LogP) is 4.26. The lowest BCUT2D eigenvalue weighted by atomic mass is 10.1. The highest BCUT2D eigenvalue weighted by Gasteiger charge is 2.22. The monoisotopic (exact) mass is 392 g/mol. The molecule has 152 valence electrons. The first kappa shape index (κ1) is 20.6. The highest BCUT2D eigenvalue weighted by molar-refractivity contribution is 6.05. The van der Waals surface area contributed by atoms with Gasteiger partial charge in [0.2, 0.25) is 0 Å². The summed E-state index contributed by atoms with van der Waals surface area (Å²) >= 11 is 0. The van der Waals surface area contributed by atoms with Crippen LogP contribution in [0.5, 0.6) is 5.75 Å². The molecular formula is C24H28N2O3. The summed E-state index contributed by atoms with van der Waals surface area (Å²) in [5.74, 6) is 0.238. The number of hydrogen-bond donors (Lipinski definition) is 1. The van der Waals surface area contributed by atoms with E-state index in [4.69, 9.17) is 4.74 Å². The number of rotatable bonds is 6. The maximum absolute atomic E-state index is 13.3. The van der Waals surface area contributed by atoms with E-state index in [2.05, 4.69) is 5.32 Å². The summed E-state index contributed by atoms with van der Waals surface area (Å²) in [6.45, 7) is 3.87. The number of likely N-dealkylation sites (tertiary alicyclic amines) is 1. The van der Waals surface area contributed by atoms with E-state index in [1.165, 1.54) is 0 Å². The van der Waals surface area contributed by atoms with Gasteiger partial charge in [-0.05, 0) is 44.0 Å². The first-order valence-electron chi connectivity index (χ1n) is 10.3. The van der Waals surface area contributed by atoms with Crippen LogP contribution < -0.4 is 10.1 Å². The topological polar surface area (TPSA) is 58.6 Å². The van der Waals surface area contributed by atoms with Crippen LogP contribution in [-0.2, 0) is 4.79 Å². The van der Waals surface area contributed by atoms with Gasteiger partial charge in [-0.25, -0.2) is 0 Å². The lowest BCUT2D eigenvalue weighted by molar-refractivity contribution is -0.127. The second kappa shape index (κ2) is 10.5. The van der Waals surface area contributed by atoms with Gasteiger partial charge in [-0.3, -0.25) is 9.59 Å². The predicted molar refractivity (Wildman–Crippen MR) is 115 cm³/mol. The summed E-state index contributed by atoms with van der Waals surface area (Å²) in [6.07, 6.45) is 5.96. The molecule has 29 heavy (non-hydrogen) atoms. The quantitative estimate of drug-likeness (QED) is 0.748. The van der Waals surface area contributed by atoms with Crippen LogP contribution >= 0.6 is 0 Å². The Morgan fingerprint density at radius 3 is 2.31 bits per heavy atom. The number of benzene rings is 2. The Hall–Kier alpha value is -3.08. The SMILES string of the molecule is CCOc1ccccc1C=C(NC(=O)c1ccccc1)C(=O)N1CCCCCC1. The van der Waals surface area contributed by atoms with Gasteiger partial charge in [0.25, 0.3) is 11.8 Å². The largest absolute Gasteiger partial charge is 0.493 e. The van der Waals surface area contributed by atoms with Crippen molar-refractivity contribution in [3.05, 3.63) is 71.4 Å². The van der Waals surface area contributed by atoms with Crippen molar-refractivity contribution in [1.29, 1.82) is 0 Å². The highest BCUT2D eigenvalue weighted by atomic mass is 16.5. The van der Waals surface area contributed by atoms with Gasteiger partial charge in [0.05, 0.1) is 6.61 Å². The number of amides is 2. The molecule has 5 heteroatoms. The van der Waals surface area contributed by atoms with Crippen LogP contribution in [-0.4, -0.2) is 36.4 Å². The number of nitrogens with one attached hydrogen (secondary N) is 1. The number of nitrogens with zero attached hydrogens (tertiary/aromatic N) is 1. The molecule has 0 spiro atoms. The Balaban J connectivity index is 1.92. The number of carbonyl (C=O) groups is 2. The third-order valence-corrected chi connectivity index (χ3v) is 4.93. The van der Waals surface area contributed by atoms with E-state index in [1.54, 1.807) is 30.3 Å². The first-order chi connectivity index (χ1) is 14.2. The van der Waals surface area contributed by atoms with Crippen molar-refractivity contribution in [1.82, 2.24) is 10.2 Å². The molecule has 0 unspecified atom stereocenters. The summed E-state index contributed by atoms with van der Waals surface area (Å²) in [5, 5.41) is 2.84. The zero-order valence-electron chi connectivity index (χ0n) is 16.9. The van der Waals surface area contributed by atoms with Crippen molar-refractivity contribution in [3.63, 3.8) is 0 Å². The molecule has 1 aliphatic heterocycles. The minimum Gasteiger partial charge on any atom is -0.493 e. The fraction of sp³-hybridized carbons (Fsp3) is 0.333. The molecule has 2 aromatic carbocycles. The second-order valence-electron chi connectivity index (χ2n) is 7.06. The molecule has 0 aromatic heterocycles. The van der Waals surface area contributed by atoms with Crippen LogP contribution in [0.4, 0.5) is 0 Å². The van der Waals surface area contributed by atoms with Crippen LogP contribution in [0, 0.1) is 0 Å². The average Bonchev–Trinajstić information content (AvgIpc) is 3.04. The van der Waals surface area contributed by atoms with Gasteiger partial charge in [-0.1, -0.05) is 49.2 Å². The Bertz CT molecular complexity index is 853.